The fraction of sp³-hybridized carbons (Fsp3) is 0.286. The summed E-state index contributed by atoms with van der Waals surface area (Å²) < 4.78 is 5.32. The summed E-state index contributed by atoms with van der Waals surface area (Å²) in [5.74, 6) is 0.934. The smallest absolute Gasteiger partial charge is 0.179 e. The first kappa shape index (κ1) is 15.9. The molecule has 0 amide bonds. The van der Waals surface area contributed by atoms with E-state index < -0.39 is 0 Å². The van der Waals surface area contributed by atoms with Crippen LogP contribution in [0.4, 0.5) is 0 Å². The van der Waals surface area contributed by atoms with Gasteiger partial charge >= 0.3 is 0 Å². The zero-order chi connectivity index (χ0) is 17.4. The molecule has 1 aromatic heterocycles. The van der Waals surface area contributed by atoms with Crippen molar-refractivity contribution in [3.8, 4) is 5.75 Å². The molecule has 1 aliphatic rings. The van der Waals surface area contributed by atoms with E-state index in [0.717, 1.165) is 47.4 Å². The van der Waals surface area contributed by atoms with E-state index >= 15 is 0 Å². The van der Waals surface area contributed by atoms with Crippen molar-refractivity contribution in [2.75, 3.05) is 20.2 Å². The van der Waals surface area contributed by atoms with Gasteiger partial charge < -0.3 is 9.72 Å². The largest absolute Gasteiger partial charge is 0.497 e. The van der Waals surface area contributed by atoms with Gasteiger partial charge in [0.15, 0.2) is 5.78 Å². The Labute approximate surface area is 147 Å². The Morgan fingerprint density at radius 3 is 2.80 bits per heavy atom. The fourth-order valence-electron chi connectivity index (χ4n) is 3.76. The van der Waals surface area contributed by atoms with Gasteiger partial charge in [0.1, 0.15) is 5.75 Å². The number of ketones is 1. The quantitative estimate of drug-likeness (QED) is 0.740. The van der Waals surface area contributed by atoms with Crippen LogP contribution in [0.5, 0.6) is 5.75 Å². The highest BCUT2D eigenvalue weighted by Crippen LogP contribution is 2.27. The lowest BCUT2D eigenvalue weighted by atomic mass is 9.99. The monoisotopic (exact) mass is 334 g/mol. The molecular weight excluding hydrogens is 312 g/mol. The normalized spacial score (nSPS) is 14.5. The van der Waals surface area contributed by atoms with Crippen molar-refractivity contribution in [2.45, 2.75) is 19.9 Å². The number of nitrogens with one attached hydrogen (secondary N) is 1. The number of fused-ring (bicyclic) bond motifs is 2. The van der Waals surface area contributed by atoms with E-state index in [2.05, 4.69) is 34.1 Å². The summed E-state index contributed by atoms with van der Waals surface area (Å²) in [5, 5.41) is 0.944. The summed E-state index contributed by atoms with van der Waals surface area (Å²) in [6, 6.07) is 14.3. The first-order valence-electron chi connectivity index (χ1n) is 8.64. The fourth-order valence-corrected chi connectivity index (χ4v) is 3.76. The van der Waals surface area contributed by atoms with Gasteiger partial charge in [-0.25, -0.2) is 0 Å². The molecule has 0 fully saturated rings. The molecule has 2 heterocycles. The first-order chi connectivity index (χ1) is 12.2. The molecular formula is C21H22N2O2. The van der Waals surface area contributed by atoms with Crippen LogP contribution < -0.4 is 4.74 Å². The Balaban J connectivity index is 1.59. The number of ether oxygens (including phenoxy) is 1. The Hall–Kier alpha value is -2.59. The van der Waals surface area contributed by atoms with E-state index in [1.165, 1.54) is 11.1 Å². The minimum atomic E-state index is 0.163. The standard InChI is InChI=1S/C21H22N2O2/c1-14-21(18-11-17(25-2)7-8-19(18)22-14)20(24)13-23-10-9-15-5-3-4-6-16(15)12-23/h3-8,11,22H,9-10,12-13H2,1-2H3. The highest BCUT2D eigenvalue weighted by molar-refractivity contribution is 6.10. The van der Waals surface area contributed by atoms with Crippen LogP contribution in [0, 0.1) is 6.92 Å². The van der Waals surface area contributed by atoms with E-state index in [4.69, 9.17) is 4.74 Å². The van der Waals surface area contributed by atoms with E-state index in [1.807, 2.05) is 25.1 Å². The number of H-pyrrole nitrogens is 1. The first-order valence-corrected chi connectivity index (χ1v) is 8.64. The van der Waals surface area contributed by atoms with Crippen LogP contribution in [0.1, 0.15) is 27.2 Å². The Kier molecular flexibility index (Phi) is 4.06. The minimum absolute atomic E-state index is 0.163. The average Bonchev–Trinajstić information content (AvgIpc) is 2.96. The molecule has 0 bridgehead atoms. The van der Waals surface area contributed by atoms with Crippen LogP contribution >= 0.6 is 0 Å². The summed E-state index contributed by atoms with van der Waals surface area (Å²) in [5.41, 5.74) is 5.42. The summed E-state index contributed by atoms with van der Waals surface area (Å²) in [4.78, 5) is 18.6. The minimum Gasteiger partial charge on any atom is -0.497 e. The second-order valence-corrected chi connectivity index (χ2v) is 6.69. The lowest BCUT2D eigenvalue weighted by Gasteiger charge is -2.28. The van der Waals surface area contributed by atoms with Gasteiger partial charge in [-0.2, -0.15) is 0 Å². The van der Waals surface area contributed by atoms with Crippen molar-refractivity contribution in [1.82, 2.24) is 9.88 Å². The highest BCUT2D eigenvalue weighted by atomic mass is 16.5. The third kappa shape index (κ3) is 2.94. The number of hydrogen-bond donors (Lipinski definition) is 1. The lowest BCUT2D eigenvalue weighted by Crippen LogP contribution is -2.35. The van der Waals surface area contributed by atoms with Crippen molar-refractivity contribution < 1.29 is 9.53 Å². The number of methoxy groups -OCH3 is 1. The van der Waals surface area contributed by atoms with Gasteiger partial charge in [0.05, 0.1) is 13.7 Å². The third-order valence-corrected chi connectivity index (χ3v) is 5.05. The molecule has 2 aromatic carbocycles. The number of Topliss-reactive ketones (excluding diaryl/α,β-unsaturated/α-hetero) is 1. The van der Waals surface area contributed by atoms with Crippen molar-refractivity contribution in [3.05, 3.63) is 64.8 Å². The third-order valence-electron chi connectivity index (χ3n) is 5.05. The van der Waals surface area contributed by atoms with Crippen molar-refractivity contribution in [2.24, 2.45) is 0 Å². The average molecular weight is 334 g/mol. The predicted molar refractivity (Wildman–Crippen MR) is 99.3 cm³/mol. The van der Waals surface area contributed by atoms with Crippen LogP contribution in [0.2, 0.25) is 0 Å². The Bertz CT molecular complexity index is 942. The number of carbonyl (C=O) groups is 1. The number of carbonyl (C=O) groups excluding carboxylic acids is 1. The number of aryl methyl sites for hydroxylation is 1. The van der Waals surface area contributed by atoms with Crippen LogP contribution in [0.25, 0.3) is 10.9 Å². The Morgan fingerprint density at radius 2 is 2.00 bits per heavy atom. The molecule has 0 saturated carbocycles. The van der Waals surface area contributed by atoms with Gasteiger partial charge in [0.25, 0.3) is 0 Å². The van der Waals surface area contributed by atoms with Crippen molar-refractivity contribution in [3.63, 3.8) is 0 Å². The molecule has 4 rings (SSSR count). The topological polar surface area (TPSA) is 45.3 Å². The van der Waals surface area contributed by atoms with Crippen LogP contribution in [0.15, 0.2) is 42.5 Å². The molecule has 0 atom stereocenters. The molecule has 3 aromatic rings. The van der Waals surface area contributed by atoms with Gasteiger partial charge in [-0.1, -0.05) is 24.3 Å². The van der Waals surface area contributed by atoms with Gasteiger partial charge in [0, 0.05) is 35.2 Å². The number of hydrogen-bond acceptors (Lipinski definition) is 3. The molecule has 4 heteroatoms. The second-order valence-electron chi connectivity index (χ2n) is 6.69. The summed E-state index contributed by atoms with van der Waals surface area (Å²) in [7, 11) is 1.65. The number of rotatable bonds is 4. The van der Waals surface area contributed by atoms with Crippen molar-refractivity contribution >= 4 is 16.7 Å². The maximum Gasteiger partial charge on any atom is 0.179 e. The van der Waals surface area contributed by atoms with E-state index in [9.17, 15) is 4.79 Å². The molecule has 0 saturated heterocycles. The molecule has 0 radical (unpaired) electrons. The zero-order valence-electron chi connectivity index (χ0n) is 14.6. The number of aromatic nitrogens is 1. The molecule has 0 aliphatic carbocycles. The summed E-state index contributed by atoms with van der Waals surface area (Å²) in [6.07, 6.45) is 1.00. The zero-order valence-corrected chi connectivity index (χ0v) is 14.6. The van der Waals surface area contributed by atoms with Gasteiger partial charge in [0.2, 0.25) is 0 Å². The molecule has 1 N–H and O–H groups in total. The van der Waals surface area contributed by atoms with E-state index in [-0.39, 0.29) is 5.78 Å². The number of benzene rings is 2. The number of nitrogens with zero attached hydrogens (tertiary/aromatic N) is 1. The maximum absolute atomic E-state index is 13.0. The highest BCUT2D eigenvalue weighted by Gasteiger charge is 2.22. The summed E-state index contributed by atoms with van der Waals surface area (Å²) >= 11 is 0. The molecule has 4 nitrogen and oxygen atoms in total. The molecule has 25 heavy (non-hydrogen) atoms. The van der Waals surface area contributed by atoms with E-state index in [1.54, 1.807) is 7.11 Å². The lowest BCUT2D eigenvalue weighted by molar-refractivity contribution is 0.0922. The molecule has 128 valence electrons. The van der Waals surface area contributed by atoms with Crippen LogP contribution in [0.3, 0.4) is 0 Å². The van der Waals surface area contributed by atoms with Gasteiger partial charge in [-0.05, 0) is 42.7 Å². The van der Waals surface area contributed by atoms with Gasteiger partial charge in [-0.15, -0.1) is 0 Å². The molecule has 0 spiro atoms. The van der Waals surface area contributed by atoms with Crippen LogP contribution in [-0.2, 0) is 13.0 Å². The predicted octanol–water partition coefficient (Wildman–Crippen LogP) is 3.73. The molecule has 1 aliphatic heterocycles. The summed E-state index contributed by atoms with van der Waals surface area (Å²) in [6.45, 7) is 4.17. The Morgan fingerprint density at radius 1 is 1.20 bits per heavy atom. The SMILES string of the molecule is COc1ccc2[nH]c(C)c(C(=O)CN3CCc4ccccc4C3)c2c1. The van der Waals surface area contributed by atoms with Crippen molar-refractivity contribution in [1.29, 1.82) is 0 Å². The number of aromatic amines is 1. The van der Waals surface area contributed by atoms with Crippen LogP contribution in [-0.4, -0.2) is 35.9 Å². The second kappa shape index (κ2) is 6.37. The maximum atomic E-state index is 13.0. The van der Waals surface area contributed by atoms with Gasteiger partial charge in [-0.3, -0.25) is 9.69 Å². The van der Waals surface area contributed by atoms with E-state index in [0.29, 0.717) is 6.54 Å². The molecule has 0 unspecified atom stereocenters.